The van der Waals surface area contributed by atoms with E-state index in [1.54, 1.807) is 67.7 Å². The van der Waals surface area contributed by atoms with E-state index >= 15 is 0 Å². The summed E-state index contributed by atoms with van der Waals surface area (Å²) >= 11 is 26.5. The highest BCUT2D eigenvalue weighted by Gasteiger charge is 2.25. The molecule has 4 aromatic carbocycles. The summed E-state index contributed by atoms with van der Waals surface area (Å²) in [6, 6.07) is 28.9. The predicted octanol–water partition coefficient (Wildman–Crippen LogP) is 9.52. The van der Waals surface area contributed by atoms with Gasteiger partial charge in [-0.15, -0.1) is 0 Å². The number of benzene rings is 4. The number of H-pyrrole nitrogens is 1. The second-order valence-corrected chi connectivity index (χ2v) is 15.9. The van der Waals surface area contributed by atoms with Crippen LogP contribution in [0.15, 0.2) is 125 Å². The van der Waals surface area contributed by atoms with Crippen LogP contribution in [0.25, 0.3) is 44.8 Å². The number of rotatable bonds is 12. The third-order valence-corrected chi connectivity index (χ3v) is 11.0. The molecule has 0 aliphatic heterocycles. The van der Waals surface area contributed by atoms with E-state index in [4.69, 9.17) is 60.3 Å². The fraction of sp³-hybridized carbons (Fsp3) is 0.217. The fourth-order valence-corrected chi connectivity index (χ4v) is 7.74. The van der Waals surface area contributed by atoms with Crippen LogP contribution in [0.5, 0.6) is 0 Å². The monoisotopic (exact) mass is 1040 g/mol. The number of aliphatic hydroxyl groups is 2. The fourth-order valence-electron chi connectivity index (χ4n) is 7.10. The Morgan fingerprint density at radius 3 is 1.56 bits per heavy atom. The summed E-state index contributed by atoms with van der Waals surface area (Å²) in [6.07, 6.45) is 1.39. The molecule has 63 heavy (non-hydrogen) atoms. The van der Waals surface area contributed by atoms with E-state index in [-0.39, 0.29) is 37.7 Å². The third-order valence-electron chi connectivity index (χ3n) is 10.0. The van der Waals surface area contributed by atoms with Crippen molar-refractivity contribution in [1.82, 2.24) is 18.7 Å². The summed E-state index contributed by atoms with van der Waals surface area (Å²) in [7, 11) is 1.57. The molecule has 328 valence electrons. The van der Waals surface area contributed by atoms with Crippen LogP contribution >= 0.6 is 69.0 Å². The number of aromatic nitrogens is 4. The Hall–Kier alpha value is -4.87. The lowest BCUT2D eigenvalue weighted by Crippen LogP contribution is -2.39. The number of hydrogen-bond donors (Lipinski definition) is 3. The molecule has 8 rings (SSSR count). The van der Waals surface area contributed by atoms with Crippen LogP contribution in [0.3, 0.4) is 0 Å². The molecule has 0 saturated heterocycles. The number of nitrogens with one attached hydrogen (secondary N) is 1. The zero-order chi connectivity index (χ0) is 45.4. The Morgan fingerprint density at radius 1 is 0.603 bits per heavy atom. The SMILES string of the molecule is CI.Cn1c(=O)n(CCCO)c(=O)c2c(Cc3ccc(Cl)cc3)c(-c3cccc(Cl)c3)oc21.O=c1[nH]c2oc(-c3cccc(Cl)c3)c(Cc3ccc(Cl)cc3)c2c(=O)n1CCCO. The van der Waals surface area contributed by atoms with Gasteiger partial charge in [0.15, 0.2) is 0 Å². The first-order valence-electron chi connectivity index (χ1n) is 19.5. The van der Waals surface area contributed by atoms with Crippen LogP contribution in [0.4, 0.5) is 0 Å². The van der Waals surface area contributed by atoms with Crippen LogP contribution < -0.4 is 22.5 Å². The second-order valence-electron chi connectivity index (χ2n) is 14.2. The van der Waals surface area contributed by atoms with E-state index in [0.29, 0.717) is 90.3 Å². The molecule has 0 atom stereocenters. The maximum absolute atomic E-state index is 13.3. The molecule has 0 radical (unpaired) electrons. The summed E-state index contributed by atoms with van der Waals surface area (Å²) < 4.78 is 15.6. The molecule has 0 amide bonds. The molecule has 8 aromatic rings. The van der Waals surface area contributed by atoms with E-state index < -0.39 is 22.5 Å². The van der Waals surface area contributed by atoms with Gasteiger partial charge in [-0.2, -0.15) is 0 Å². The van der Waals surface area contributed by atoms with Crippen molar-refractivity contribution in [3.8, 4) is 22.6 Å². The van der Waals surface area contributed by atoms with Gasteiger partial charge in [-0.1, -0.05) is 118 Å². The number of halogens is 5. The van der Waals surface area contributed by atoms with E-state index in [9.17, 15) is 24.3 Å². The van der Waals surface area contributed by atoms with Gasteiger partial charge < -0.3 is 19.0 Å². The second kappa shape index (κ2) is 21.7. The average molecular weight is 1050 g/mol. The first-order chi connectivity index (χ1) is 30.4. The van der Waals surface area contributed by atoms with E-state index in [1.807, 2.05) is 41.3 Å². The lowest BCUT2D eigenvalue weighted by atomic mass is 9.99. The smallest absolute Gasteiger partial charge is 0.333 e. The molecule has 0 saturated carbocycles. The quantitative estimate of drug-likeness (QED) is 0.0805. The Kier molecular flexibility index (Phi) is 16.4. The lowest BCUT2D eigenvalue weighted by molar-refractivity contribution is 0.277. The number of hydrogen-bond acceptors (Lipinski definition) is 8. The van der Waals surface area contributed by atoms with Gasteiger partial charge in [0.2, 0.25) is 11.4 Å². The van der Waals surface area contributed by atoms with E-state index in [1.165, 1.54) is 4.57 Å². The van der Waals surface area contributed by atoms with Crippen molar-refractivity contribution in [1.29, 1.82) is 0 Å². The minimum Gasteiger partial charge on any atom is -0.439 e. The van der Waals surface area contributed by atoms with Gasteiger partial charge in [-0.05, 0) is 77.4 Å². The highest BCUT2D eigenvalue weighted by molar-refractivity contribution is 14.1. The summed E-state index contributed by atoms with van der Waals surface area (Å²) in [5.74, 6) is 0.953. The van der Waals surface area contributed by atoms with Gasteiger partial charge in [-0.25, -0.2) is 9.59 Å². The molecular weight excluding hydrogens is 1010 g/mol. The van der Waals surface area contributed by atoms with Crippen molar-refractivity contribution in [3.63, 3.8) is 0 Å². The Balaban J connectivity index is 0.000000202. The number of aromatic amines is 1. The molecule has 3 N–H and O–H groups in total. The molecule has 0 bridgehead atoms. The molecule has 12 nitrogen and oxygen atoms in total. The number of aryl methyl sites for hydroxylation is 1. The molecule has 0 unspecified atom stereocenters. The average Bonchev–Trinajstić information content (AvgIpc) is 3.84. The summed E-state index contributed by atoms with van der Waals surface area (Å²) in [4.78, 5) is 56.3. The Labute approximate surface area is 394 Å². The number of alkyl halides is 1. The van der Waals surface area contributed by atoms with Gasteiger partial charge in [0, 0.05) is 88.5 Å². The first kappa shape index (κ1) is 47.6. The van der Waals surface area contributed by atoms with Crippen molar-refractivity contribution in [2.75, 3.05) is 18.1 Å². The maximum atomic E-state index is 13.3. The normalized spacial score (nSPS) is 11.1. The van der Waals surface area contributed by atoms with Crippen molar-refractivity contribution < 1.29 is 19.0 Å². The molecule has 4 aromatic heterocycles. The van der Waals surface area contributed by atoms with Gasteiger partial charge in [0.25, 0.3) is 11.1 Å². The summed E-state index contributed by atoms with van der Waals surface area (Å²) in [5, 5.41) is 21.2. The number of fused-ring (bicyclic) bond motifs is 2. The molecular formula is C46H41Cl4IN4O8. The molecule has 0 aliphatic rings. The number of nitrogens with zero attached hydrogens (tertiary/aromatic N) is 3. The van der Waals surface area contributed by atoms with Crippen molar-refractivity contribution in [2.24, 2.45) is 7.05 Å². The molecule has 0 spiro atoms. The summed E-state index contributed by atoms with van der Waals surface area (Å²) in [5.41, 5.74) is 2.94. The molecule has 0 aliphatic carbocycles. The van der Waals surface area contributed by atoms with Gasteiger partial charge >= 0.3 is 11.4 Å². The first-order valence-corrected chi connectivity index (χ1v) is 23.2. The highest BCUT2D eigenvalue weighted by atomic mass is 127. The van der Waals surface area contributed by atoms with Crippen molar-refractivity contribution in [2.45, 2.75) is 38.8 Å². The third kappa shape index (κ3) is 10.7. The largest absolute Gasteiger partial charge is 0.439 e. The molecule has 0 fully saturated rings. The Bertz CT molecular complexity index is 3120. The zero-order valence-electron chi connectivity index (χ0n) is 34.0. The van der Waals surface area contributed by atoms with Crippen molar-refractivity contribution >= 4 is 91.2 Å². The van der Waals surface area contributed by atoms with Gasteiger partial charge in [0.05, 0.1) is 0 Å². The highest BCUT2D eigenvalue weighted by Crippen LogP contribution is 2.36. The number of furan rings is 2. The molecule has 17 heteroatoms. The topological polar surface area (TPSA) is 166 Å². The van der Waals surface area contributed by atoms with Crippen LogP contribution in [-0.4, -0.2) is 47.0 Å². The predicted molar refractivity (Wildman–Crippen MR) is 260 cm³/mol. The summed E-state index contributed by atoms with van der Waals surface area (Å²) in [6.45, 7) is -0.0141. The van der Waals surface area contributed by atoms with E-state index in [0.717, 1.165) is 20.3 Å². The minimum absolute atomic E-state index is 0.110. The zero-order valence-corrected chi connectivity index (χ0v) is 39.2. The van der Waals surface area contributed by atoms with Crippen LogP contribution in [0, 0.1) is 0 Å². The van der Waals surface area contributed by atoms with Crippen molar-refractivity contribution in [3.05, 3.63) is 181 Å². The maximum Gasteiger partial charge on any atom is 0.333 e. The number of aliphatic hydroxyl groups excluding tert-OH is 2. The van der Waals surface area contributed by atoms with Crippen LogP contribution in [0.1, 0.15) is 35.1 Å². The standard InChI is InChI=1S/C23H20Cl2N2O4.C22H18Cl2N2O4.CH3I/c1-26-22-19(21(29)27(23(26)30)10-3-11-28)18(12-14-6-8-16(24)9-7-14)20(31-22)15-4-2-5-17(25)13-15;23-15-7-5-13(6-8-15)11-17-18-20(25-22(29)26(21(18)28)9-2-10-27)30-19(17)14-3-1-4-16(24)12-14;1-2/h2,4-9,13,28H,3,10-12H2,1H3;1,3-8,12,27H,2,9-11H2,(H,25,29);1H3. The van der Waals surface area contributed by atoms with E-state index in [2.05, 4.69) is 27.6 Å². The van der Waals surface area contributed by atoms with Gasteiger partial charge in [0.1, 0.15) is 22.3 Å². The minimum atomic E-state index is -0.578. The Morgan fingerprint density at radius 2 is 1.06 bits per heavy atom. The van der Waals surface area contributed by atoms with Crippen LogP contribution in [-0.2, 0) is 33.0 Å². The van der Waals surface area contributed by atoms with Crippen LogP contribution in [0.2, 0.25) is 20.1 Å². The molecule has 4 heterocycles. The van der Waals surface area contributed by atoms with Gasteiger partial charge in [-0.3, -0.25) is 28.3 Å². The lowest BCUT2D eigenvalue weighted by Gasteiger charge is -2.08.